The number of amides is 2. The molecule has 30 heavy (non-hydrogen) atoms. The van der Waals surface area contributed by atoms with Crippen molar-refractivity contribution in [3.05, 3.63) is 44.3 Å². The van der Waals surface area contributed by atoms with Gasteiger partial charge in [-0.2, -0.15) is 5.10 Å². The van der Waals surface area contributed by atoms with Crippen LogP contribution in [0.2, 0.25) is 0 Å². The number of phenols is 1. The normalized spacial score (nSPS) is 10.6. The molecule has 0 saturated carbocycles. The average Bonchev–Trinajstić information content (AvgIpc) is 2.74. The quantitative estimate of drug-likeness (QED) is 0.347. The van der Waals surface area contributed by atoms with E-state index < -0.39 is 11.8 Å². The Labute approximate surface area is 189 Å². The zero-order valence-electron chi connectivity index (χ0n) is 16.3. The molecule has 0 radical (unpaired) electrons. The number of nitrogens with one attached hydrogen (secondary N) is 2. The van der Waals surface area contributed by atoms with Crippen molar-refractivity contribution in [2.45, 2.75) is 0 Å². The highest BCUT2D eigenvalue weighted by molar-refractivity contribution is 9.11. The molecule has 2 amide bonds. The van der Waals surface area contributed by atoms with Gasteiger partial charge in [0.2, 0.25) is 5.75 Å². The van der Waals surface area contributed by atoms with E-state index in [0.29, 0.717) is 31.8 Å². The molecular weight excluding hydrogens is 526 g/mol. The van der Waals surface area contributed by atoms with Crippen LogP contribution >= 0.6 is 31.9 Å². The van der Waals surface area contributed by atoms with E-state index in [1.807, 2.05) is 0 Å². The second-order valence-electron chi connectivity index (χ2n) is 5.72. The first-order valence-corrected chi connectivity index (χ1v) is 9.97. The molecule has 0 aliphatic heterocycles. The van der Waals surface area contributed by atoms with E-state index >= 15 is 0 Å². The SMILES string of the molecule is COc1cc(C(=O)NCC(=O)N/N=C\c2cc(Br)c(O)c(Br)c2)cc(OC)c1OC. The molecule has 0 spiro atoms. The van der Waals surface area contributed by atoms with Gasteiger partial charge in [0.25, 0.3) is 11.8 Å². The van der Waals surface area contributed by atoms with Crippen molar-refractivity contribution >= 4 is 49.9 Å². The van der Waals surface area contributed by atoms with Gasteiger partial charge in [0.1, 0.15) is 5.75 Å². The van der Waals surface area contributed by atoms with Crippen LogP contribution in [0, 0.1) is 0 Å². The molecule has 2 aromatic rings. The zero-order valence-corrected chi connectivity index (χ0v) is 19.5. The van der Waals surface area contributed by atoms with Gasteiger partial charge >= 0.3 is 0 Å². The molecule has 2 rings (SSSR count). The van der Waals surface area contributed by atoms with Gasteiger partial charge in [0.05, 0.1) is 43.0 Å². The number of hydrazone groups is 1. The summed E-state index contributed by atoms with van der Waals surface area (Å²) in [5.41, 5.74) is 3.18. The summed E-state index contributed by atoms with van der Waals surface area (Å²) in [6.07, 6.45) is 1.40. The lowest BCUT2D eigenvalue weighted by Gasteiger charge is -2.14. The number of rotatable bonds is 8. The minimum atomic E-state index is -0.524. The van der Waals surface area contributed by atoms with E-state index in [9.17, 15) is 14.7 Å². The Bertz CT molecular complexity index is 933. The molecular formula is C19H19Br2N3O6. The number of carbonyl (C=O) groups is 2. The molecule has 0 unspecified atom stereocenters. The van der Waals surface area contributed by atoms with Crippen LogP contribution in [0.25, 0.3) is 0 Å². The van der Waals surface area contributed by atoms with Crippen molar-refractivity contribution in [1.29, 1.82) is 0 Å². The van der Waals surface area contributed by atoms with Crippen LogP contribution in [0.1, 0.15) is 15.9 Å². The summed E-state index contributed by atoms with van der Waals surface area (Å²) < 4.78 is 16.6. The molecule has 160 valence electrons. The first-order chi connectivity index (χ1) is 14.3. The number of hydrogen-bond donors (Lipinski definition) is 3. The molecule has 3 N–H and O–H groups in total. The molecule has 0 heterocycles. The van der Waals surface area contributed by atoms with E-state index in [1.165, 1.54) is 39.7 Å². The molecule has 2 aromatic carbocycles. The van der Waals surface area contributed by atoms with Crippen LogP contribution in [0.4, 0.5) is 0 Å². The second-order valence-corrected chi connectivity index (χ2v) is 7.43. The third-order valence-corrected chi connectivity index (χ3v) is 4.99. The number of nitrogens with zero attached hydrogens (tertiary/aromatic N) is 1. The van der Waals surface area contributed by atoms with Crippen molar-refractivity contribution in [3.63, 3.8) is 0 Å². The van der Waals surface area contributed by atoms with Gasteiger partial charge in [-0.3, -0.25) is 9.59 Å². The zero-order chi connectivity index (χ0) is 22.3. The molecule has 0 saturated heterocycles. The van der Waals surface area contributed by atoms with Gasteiger partial charge in [0.15, 0.2) is 11.5 Å². The van der Waals surface area contributed by atoms with E-state index in [1.54, 1.807) is 12.1 Å². The molecule has 0 atom stereocenters. The summed E-state index contributed by atoms with van der Waals surface area (Å²) in [5.74, 6) is 0.0371. The fourth-order valence-corrected chi connectivity index (χ4v) is 3.57. The number of benzene rings is 2. The summed E-state index contributed by atoms with van der Waals surface area (Å²) in [7, 11) is 4.34. The lowest BCUT2D eigenvalue weighted by Crippen LogP contribution is -2.34. The van der Waals surface area contributed by atoms with Crippen LogP contribution in [0.3, 0.4) is 0 Å². The fraction of sp³-hybridized carbons (Fsp3) is 0.211. The Morgan fingerprint density at radius 1 is 1.03 bits per heavy atom. The smallest absolute Gasteiger partial charge is 0.259 e. The monoisotopic (exact) mass is 543 g/mol. The average molecular weight is 545 g/mol. The molecule has 11 heteroatoms. The van der Waals surface area contributed by atoms with E-state index in [-0.39, 0.29) is 17.9 Å². The molecule has 0 aromatic heterocycles. The Hall–Kier alpha value is -2.79. The highest BCUT2D eigenvalue weighted by Crippen LogP contribution is 2.38. The Morgan fingerprint density at radius 3 is 2.10 bits per heavy atom. The molecule has 0 aliphatic carbocycles. The van der Waals surface area contributed by atoms with Gasteiger partial charge in [-0.25, -0.2) is 5.43 Å². The van der Waals surface area contributed by atoms with Crippen molar-refractivity contribution in [2.24, 2.45) is 5.10 Å². The van der Waals surface area contributed by atoms with Crippen LogP contribution in [-0.4, -0.2) is 51.0 Å². The summed E-state index contributed by atoms with van der Waals surface area (Å²) in [5, 5.41) is 16.0. The summed E-state index contributed by atoms with van der Waals surface area (Å²) in [6, 6.07) is 6.21. The second kappa shape index (κ2) is 10.8. The maximum absolute atomic E-state index is 12.4. The first kappa shape index (κ1) is 23.5. The first-order valence-electron chi connectivity index (χ1n) is 8.38. The van der Waals surface area contributed by atoms with Crippen molar-refractivity contribution < 1.29 is 28.9 Å². The van der Waals surface area contributed by atoms with Crippen LogP contribution in [0.15, 0.2) is 38.3 Å². The van der Waals surface area contributed by atoms with E-state index in [2.05, 4.69) is 47.7 Å². The van der Waals surface area contributed by atoms with E-state index in [4.69, 9.17) is 14.2 Å². The van der Waals surface area contributed by atoms with Crippen molar-refractivity contribution in [2.75, 3.05) is 27.9 Å². The number of halogens is 2. The van der Waals surface area contributed by atoms with Gasteiger partial charge < -0.3 is 24.6 Å². The van der Waals surface area contributed by atoms with Crippen molar-refractivity contribution in [1.82, 2.24) is 10.7 Å². The minimum Gasteiger partial charge on any atom is -0.506 e. The highest BCUT2D eigenvalue weighted by Gasteiger charge is 2.17. The number of phenolic OH excluding ortho intramolecular Hbond substituents is 1. The van der Waals surface area contributed by atoms with Gasteiger partial charge in [-0.1, -0.05) is 0 Å². The maximum atomic E-state index is 12.4. The number of hydrogen-bond acceptors (Lipinski definition) is 7. The predicted molar refractivity (Wildman–Crippen MR) is 118 cm³/mol. The molecule has 9 nitrogen and oxygen atoms in total. The van der Waals surface area contributed by atoms with Crippen LogP contribution in [0.5, 0.6) is 23.0 Å². The Morgan fingerprint density at radius 2 is 1.60 bits per heavy atom. The van der Waals surface area contributed by atoms with Crippen LogP contribution in [-0.2, 0) is 4.79 Å². The van der Waals surface area contributed by atoms with Crippen molar-refractivity contribution in [3.8, 4) is 23.0 Å². The fourth-order valence-electron chi connectivity index (χ4n) is 2.35. The summed E-state index contributed by atoms with van der Waals surface area (Å²) in [4.78, 5) is 24.3. The van der Waals surface area contributed by atoms with Gasteiger partial charge in [-0.05, 0) is 61.7 Å². The summed E-state index contributed by atoms with van der Waals surface area (Å²) in [6.45, 7) is -0.296. The molecule has 0 fully saturated rings. The van der Waals surface area contributed by atoms with Crippen LogP contribution < -0.4 is 25.0 Å². The molecule has 0 bridgehead atoms. The highest BCUT2D eigenvalue weighted by atomic mass is 79.9. The largest absolute Gasteiger partial charge is 0.506 e. The Balaban J connectivity index is 1.97. The maximum Gasteiger partial charge on any atom is 0.259 e. The third-order valence-electron chi connectivity index (χ3n) is 3.78. The lowest BCUT2D eigenvalue weighted by atomic mass is 10.1. The number of carbonyl (C=O) groups excluding carboxylic acids is 2. The number of aromatic hydroxyl groups is 1. The van der Waals surface area contributed by atoms with E-state index in [0.717, 1.165) is 0 Å². The molecule has 0 aliphatic rings. The lowest BCUT2D eigenvalue weighted by molar-refractivity contribution is -0.120. The standard InChI is InChI=1S/C19H19Br2N3O6/c1-28-14-6-11(7-15(29-2)18(14)30-3)19(27)22-9-16(25)24-23-8-10-4-12(20)17(26)13(21)5-10/h4-8,26H,9H2,1-3H3,(H,22,27)(H,24,25)/b23-8-. The summed E-state index contributed by atoms with van der Waals surface area (Å²) >= 11 is 6.42. The third kappa shape index (κ3) is 5.86. The topological polar surface area (TPSA) is 118 Å². The van der Waals surface area contributed by atoms with Gasteiger partial charge in [-0.15, -0.1) is 0 Å². The number of ether oxygens (including phenoxy) is 3. The minimum absolute atomic E-state index is 0.0608. The van der Waals surface area contributed by atoms with Gasteiger partial charge in [0, 0.05) is 5.56 Å². The predicted octanol–water partition coefficient (Wildman–Crippen LogP) is 2.82. The Kier molecular flexibility index (Phi) is 8.48. The number of methoxy groups -OCH3 is 3.